The van der Waals surface area contributed by atoms with Crippen molar-refractivity contribution in [2.45, 2.75) is 12.6 Å². The Morgan fingerprint density at radius 1 is 0.917 bits per heavy atom. The van der Waals surface area contributed by atoms with Crippen molar-refractivity contribution in [3.8, 4) is 11.3 Å². The van der Waals surface area contributed by atoms with Crippen LogP contribution in [-0.2, 0) is 12.6 Å². The molecular weight excluding hydrogens is 344 g/mol. The van der Waals surface area contributed by atoms with E-state index in [0.717, 1.165) is 0 Å². The van der Waals surface area contributed by atoms with Crippen molar-refractivity contribution >= 4 is 11.6 Å². The van der Waals surface area contributed by atoms with Crippen molar-refractivity contribution in [1.82, 2.24) is 0 Å². The summed E-state index contributed by atoms with van der Waals surface area (Å²) in [6.07, 6.45) is -4.62. The molecule has 0 unspecified atom stereocenters. The lowest BCUT2D eigenvalue weighted by molar-refractivity contribution is -0.153. The molecule has 2 aromatic carbocycles. The van der Waals surface area contributed by atoms with Gasteiger partial charge in [0.1, 0.15) is 11.6 Å². The summed E-state index contributed by atoms with van der Waals surface area (Å²) in [5.74, 6) is -1.38. The molecule has 1 heterocycles. The van der Waals surface area contributed by atoms with Gasteiger partial charge < -0.3 is 4.42 Å². The molecule has 0 saturated heterocycles. The second-order valence-corrected chi connectivity index (χ2v) is 5.71. The van der Waals surface area contributed by atoms with Gasteiger partial charge >= 0.3 is 6.18 Å². The van der Waals surface area contributed by atoms with Crippen LogP contribution in [0.25, 0.3) is 11.3 Å². The van der Waals surface area contributed by atoms with Gasteiger partial charge in [-0.05, 0) is 48.0 Å². The first-order valence-electron chi connectivity index (χ1n) is 7.03. The summed E-state index contributed by atoms with van der Waals surface area (Å²) in [7, 11) is 0. The molecule has 0 N–H and O–H groups in total. The number of benzene rings is 2. The van der Waals surface area contributed by atoms with Crippen LogP contribution in [0.1, 0.15) is 16.9 Å². The molecule has 0 aliphatic rings. The van der Waals surface area contributed by atoms with Gasteiger partial charge in [-0.15, -0.1) is 0 Å². The number of furan rings is 1. The number of rotatable bonds is 3. The lowest BCUT2D eigenvalue weighted by atomic mass is 10.0. The van der Waals surface area contributed by atoms with E-state index in [4.69, 9.17) is 16.0 Å². The van der Waals surface area contributed by atoms with Crippen LogP contribution in [0, 0.1) is 5.82 Å². The molecule has 24 heavy (non-hydrogen) atoms. The molecule has 3 aromatic rings. The number of halogens is 5. The van der Waals surface area contributed by atoms with E-state index < -0.39 is 17.8 Å². The zero-order chi connectivity index (χ0) is 17.3. The average molecular weight is 355 g/mol. The fraction of sp³-hybridized carbons (Fsp3) is 0.111. The Balaban J connectivity index is 2.00. The summed E-state index contributed by atoms with van der Waals surface area (Å²) >= 11 is 5.79. The summed E-state index contributed by atoms with van der Waals surface area (Å²) in [4.78, 5) is 0. The molecule has 1 aromatic heterocycles. The van der Waals surface area contributed by atoms with E-state index in [1.165, 1.54) is 30.3 Å². The third-order valence-corrected chi connectivity index (χ3v) is 3.76. The summed E-state index contributed by atoms with van der Waals surface area (Å²) in [6.45, 7) is 0. The van der Waals surface area contributed by atoms with Crippen LogP contribution >= 0.6 is 11.6 Å². The molecule has 0 aliphatic carbocycles. The van der Waals surface area contributed by atoms with Crippen LogP contribution in [0.4, 0.5) is 17.6 Å². The second kappa shape index (κ2) is 6.32. The van der Waals surface area contributed by atoms with E-state index in [0.29, 0.717) is 16.1 Å². The normalized spacial score (nSPS) is 11.7. The Kier molecular flexibility index (Phi) is 4.37. The molecular formula is C18H11ClF4O. The topological polar surface area (TPSA) is 13.1 Å². The lowest BCUT2D eigenvalue weighted by Gasteiger charge is -2.06. The minimum absolute atomic E-state index is 0.000872. The van der Waals surface area contributed by atoms with Crippen molar-refractivity contribution in [3.05, 3.63) is 82.3 Å². The molecule has 3 rings (SSSR count). The Labute approximate surface area is 140 Å². The van der Waals surface area contributed by atoms with Gasteiger partial charge in [0.15, 0.2) is 0 Å². The molecule has 0 bridgehead atoms. The van der Waals surface area contributed by atoms with Crippen molar-refractivity contribution < 1.29 is 22.0 Å². The summed E-state index contributed by atoms with van der Waals surface area (Å²) in [6, 6.07) is 13.0. The van der Waals surface area contributed by atoms with Crippen LogP contribution in [0.2, 0.25) is 5.02 Å². The summed E-state index contributed by atoms with van der Waals surface area (Å²) < 4.78 is 57.7. The Hall–Kier alpha value is -2.27. The van der Waals surface area contributed by atoms with Crippen molar-refractivity contribution in [1.29, 1.82) is 0 Å². The number of alkyl halides is 3. The van der Waals surface area contributed by atoms with Gasteiger partial charge in [0.05, 0.1) is 0 Å². The van der Waals surface area contributed by atoms with E-state index >= 15 is 0 Å². The Morgan fingerprint density at radius 2 is 1.54 bits per heavy atom. The van der Waals surface area contributed by atoms with Gasteiger partial charge in [-0.25, -0.2) is 4.39 Å². The maximum atomic E-state index is 13.2. The van der Waals surface area contributed by atoms with Gasteiger partial charge in [0, 0.05) is 22.6 Å². The quantitative estimate of drug-likeness (QED) is 0.499. The fourth-order valence-corrected chi connectivity index (χ4v) is 2.50. The zero-order valence-corrected chi connectivity index (χ0v) is 13.0. The van der Waals surface area contributed by atoms with E-state index in [1.54, 1.807) is 24.3 Å². The lowest BCUT2D eigenvalue weighted by Crippen LogP contribution is -2.06. The van der Waals surface area contributed by atoms with Crippen LogP contribution < -0.4 is 0 Å². The third kappa shape index (κ3) is 3.62. The van der Waals surface area contributed by atoms with Gasteiger partial charge in [-0.1, -0.05) is 23.7 Å². The fourth-order valence-electron chi connectivity index (χ4n) is 2.38. The minimum atomic E-state index is -4.61. The smallest absolute Gasteiger partial charge is 0.449 e. The van der Waals surface area contributed by atoms with Gasteiger partial charge in [0.2, 0.25) is 5.76 Å². The first-order chi connectivity index (χ1) is 11.3. The van der Waals surface area contributed by atoms with Crippen LogP contribution in [0.5, 0.6) is 0 Å². The number of hydrogen-bond donors (Lipinski definition) is 0. The average Bonchev–Trinajstić information content (AvgIpc) is 2.94. The molecule has 6 heteroatoms. The largest absolute Gasteiger partial charge is 0.451 e. The zero-order valence-electron chi connectivity index (χ0n) is 12.2. The highest BCUT2D eigenvalue weighted by Gasteiger charge is 2.38. The Morgan fingerprint density at radius 3 is 2.12 bits per heavy atom. The monoisotopic (exact) mass is 354 g/mol. The van der Waals surface area contributed by atoms with Crippen molar-refractivity contribution in [2.24, 2.45) is 0 Å². The highest BCUT2D eigenvalue weighted by molar-refractivity contribution is 6.30. The Bertz CT molecular complexity index is 833. The van der Waals surface area contributed by atoms with Crippen LogP contribution in [0.3, 0.4) is 0 Å². The van der Waals surface area contributed by atoms with E-state index in [-0.39, 0.29) is 17.7 Å². The molecule has 0 fully saturated rings. The molecule has 0 aliphatic heterocycles. The molecule has 0 saturated carbocycles. The summed E-state index contributed by atoms with van der Waals surface area (Å²) in [5, 5.41) is 0.480. The molecule has 0 spiro atoms. The predicted molar refractivity (Wildman–Crippen MR) is 83.4 cm³/mol. The van der Waals surface area contributed by atoms with E-state index in [1.807, 2.05) is 0 Å². The molecule has 1 nitrogen and oxygen atoms in total. The van der Waals surface area contributed by atoms with E-state index in [9.17, 15) is 17.6 Å². The first-order valence-corrected chi connectivity index (χ1v) is 7.41. The molecule has 0 atom stereocenters. The third-order valence-electron chi connectivity index (χ3n) is 3.50. The SMILES string of the molecule is Fc1ccc(Cc2cc(-c3ccc(Cl)cc3)oc2C(F)(F)F)cc1. The maximum Gasteiger partial charge on any atom is 0.449 e. The predicted octanol–water partition coefficient (Wildman–Crippen LogP) is 6.35. The molecule has 0 amide bonds. The molecule has 0 radical (unpaired) electrons. The first kappa shape index (κ1) is 16.6. The maximum absolute atomic E-state index is 13.2. The summed E-state index contributed by atoms with van der Waals surface area (Å²) in [5.41, 5.74) is 1.06. The molecule has 124 valence electrons. The van der Waals surface area contributed by atoms with Crippen LogP contribution in [0.15, 0.2) is 59.0 Å². The minimum Gasteiger partial charge on any atom is -0.451 e. The van der Waals surface area contributed by atoms with Gasteiger partial charge in [-0.2, -0.15) is 13.2 Å². The van der Waals surface area contributed by atoms with E-state index in [2.05, 4.69) is 0 Å². The van der Waals surface area contributed by atoms with Crippen LogP contribution in [-0.4, -0.2) is 0 Å². The number of hydrogen-bond acceptors (Lipinski definition) is 1. The second-order valence-electron chi connectivity index (χ2n) is 5.27. The standard InChI is InChI=1S/C18H11ClF4O/c19-14-5-3-12(4-6-14)16-10-13(17(24-16)18(21,22)23)9-11-1-7-15(20)8-2-11/h1-8,10H,9H2. The highest BCUT2D eigenvalue weighted by Crippen LogP contribution is 2.38. The van der Waals surface area contributed by atoms with Crippen molar-refractivity contribution in [3.63, 3.8) is 0 Å². The van der Waals surface area contributed by atoms with Crippen molar-refractivity contribution in [2.75, 3.05) is 0 Å². The van der Waals surface area contributed by atoms with Gasteiger partial charge in [-0.3, -0.25) is 0 Å². The highest BCUT2D eigenvalue weighted by atomic mass is 35.5. The van der Waals surface area contributed by atoms with Gasteiger partial charge in [0.25, 0.3) is 0 Å².